The van der Waals surface area contributed by atoms with Crippen molar-refractivity contribution in [1.82, 2.24) is 39.5 Å². The molecule has 20 nitrogen and oxygen atoms in total. The van der Waals surface area contributed by atoms with Crippen LogP contribution >= 0.6 is 11.6 Å². The van der Waals surface area contributed by atoms with E-state index in [1.54, 1.807) is 66.2 Å². The quantitative estimate of drug-likeness (QED) is 0.0281. The molecule has 8 rings (SSSR count). The van der Waals surface area contributed by atoms with Crippen molar-refractivity contribution in [3.63, 3.8) is 0 Å². The van der Waals surface area contributed by atoms with Crippen LogP contribution in [0.3, 0.4) is 0 Å². The van der Waals surface area contributed by atoms with Crippen LogP contribution in [0.25, 0.3) is 0 Å². The molecule has 0 atom stereocenters. The number of anilines is 7. The molecule has 0 aliphatic carbocycles. The van der Waals surface area contributed by atoms with E-state index in [1.807, 2.05) is 30.3 Å². The summed E-state index contributed by atoms with van der Waals surface area (Å²) in [6, 6.07) is 25.4. The van der Waals surface area contributed by atoms with Gasteiger partial charge in [-0.05, 0) is 179 Å². The van der Waals surface area contributed by atoms with Crippen molar-refractivity contribution in [2.75, 3.05) is 90.3 Å². The van der Waals surface area contributed by atoms with E-state index in [-0.39, 0.29) is 55.5 Å². The number of nitrogens with two attached hydrogens (primary N) is 1. The highest BCUT2D eigenvalue weighted by atomic mass is 35.5. The average Bonchev–Trinajstić information content (AvgIpc) is 3.55. The lowest BCUT2D eigenvalue weighted by Crippen LogP contribution is -2.41. The summed E-state index contributed by atoms with van der Waals surface area (Å²) in [7, 11) is 4.52. The predicted molar refractivity (Wildman–Crippen MR) is 324 cm³/mol. The number of para-hydroxylation sites is 2. The first-order valence-electron chi connectivity index (χ1n) is 27.4. The number of likely N-dealkylation sites (tertiary alicyclic amines) is 2. The fourth-order valence-corrected chi connectivity index (χ4v) is 11.9. The standard InChI is InChI=1S/C29H38F2N6O4S.C15H25N3O.C14H14ClF2N3O3S/c1-19(2)42(38,39)26-9-7-6-8-23(26)33-27-25(41-28(30)31)17-32-29(35-27)34-22-11-10-20(16-24(22)40-5)18-37-14-12-21(13-15-37)36(3)4;1-17(2)13-6-8-18(9-7-13)11-12-4-5-14(16)15(10-12)19-3;1-8(2)24(21,22)11-6-4-3-5-9(11)19-12-10(23-14(16)17)7-18-13(15)20-12/h6-11,16-17,19,21,28H,12-15,18H2,1-5H3,(H2,32,33,34,35);4-5,10,13H,6-9,11,16H2,1-3H3;3-8,14H,1-2H3,(H,18,19,20). The highest BCUT2D eigenvalue weighted by molar-refractivity contribution is 7.92. The predicted octanol–water partition coefficient (Wildman–Crippen LogP) is 10.7. The number of nitrogens with one attached hydrogen (secondary N) is 3. The highest BCUT2D eigenvalue weighted by Crippen LogP contribution is 2.36. The number of alkyl halides is 4. The van der Waals surface area contributed by atoms with Gasteiger partial charge in [0, 0.05) is 25.2 Å². The molecule has 27 heteroatoms. The molecular weight excluding hydrogens is 1170 g/mol. The van der Waals surface area contributed by atoms with Crippen LogP contribution in [0.4, 0.5) is 57.9 Å². The van der Waals surface area contributed by atoms with E-state index in [9.17, 15) is 34.4 Å². The van der Waals surface area contributed by atoms with Gasteiger partial charge < -0.3 is 50.4 Å². The van der Waals surface area contributed by atoms with Crippen molar-refractivity contribution in [3.05, 3.63) is 114 Å². The summed E-state index contributed by atoms with van der Waals surface area (Å²) < 4.78 is 122. The summed E-state index contributed by atoms with van der Waals surface area (Å²) in [5.74, 6) is 0.423. The van der Waals surface area contributed by atoms with Gasteiger partial charge in [0.2, 0.25) is 11.2 Å². The van der Waals surface area contributed by atoms with Crippen molar-refractivity contribution < 1.29 is 53.3 Å². The Balaban J connectivity index is 0.000000226. The number of piperidine rings is 2. The maximum atomic E-state index is 13.2. The summed E-state index contributed by atoms with van der Waals surface area (Å²) in [6.45, 7) is 6.12. The van der Waals surface area contributed by atoms with E-state index in [1.165, 1.54) is 42.7 Å². The normalized spacial score (nSPS) is 14.7. The molecule has 6 aromatic rings. The van der Waals surface area contributed by atoms with Gasteiger partial charge in [0.05, 0.1) is 69.7 Å². The second-order valence-corrected chi connectivity index (χ2v) is 26.4. The van der Waals surface area contributed by atoms with Crippen LogP contribution in [0.15, 0.2) is 107 Å². The number of aromatic nitrogens is 4. The van der Waals surface area contributed by atoms with E-state index < -0.39 is 43.4 Å². The zero-order valence-corrected chi connectivity index (χ0v) is 51.8. The molecule has 2 fully saturated rings. The molecule has 85 heavy (non-hydrogen) atoms. The lowest BCUT2D eigenvalue weighted by Gasteiger charge is -2.35. The Hall–Kier alpha value is -6.81. The first kappa shape index (κ1) is 67.3. The molecule has 4 heterocycles. The largest absolute Gasteiger partial charge is 0.495 e. The molecule has 2 aromatic heterocycles. The van der Waals surface area contributed by atoms with Gasteiger partial charge in [-0.3, -0.25) is 9.80 Å². The van der Waals surface area contributed by atoms with E-state index in [2.05, 4.69) is 99.2 Å². The van der Waals surface area contributed by atoms with Crippen LogP contribution in [0, 0.1) is 0 Å². The van der Waals surface area contributed by atoms with Crippen LogP contribution in [0.5, 0.6) is 23.0 Å². The lowest BCUT2D eigenvalue weighted by atomic mass is 10.0. The monoisotopic (exact) mass is 1240 g/mol. The maximum absolute atomic E-state index is 13.2. The number of hydrogen-bond donors (Lipinski definition) is 4. The summed E-state index contributed by atoms with van der Waals surface area (Å²) >= 11 is 5.68. The zero-order chi connectivity index (χ0) is 62.2. The molecule has 0 radical (unpaired) electrons. The van der Waals surface area contributed by atoms with E-state index in [4.69, 9.17) is 26.8 Å². The first-order chi connectivity index (χ1) is 40.3. The third-order valence-corrected chi connectivity index (χ3v) is 18.8. The van der Waals surface area contributed by atoms with Gasteiger partial charge in [0.25, 0.3) is 0 Å². The fourth-order valence-electron chi connectivity index (χ4n) is 9.34. The minimum Gasteiger partial charge on any atom is -0.495 e. The van der Waals surface area contributed by atoms with Crippen molar-refractivity contribution in [3.8, 4) is 23.0 Å². The van der Waals surface area contributed by atoms with Gasteiger partial charge in [-0.2, -0.15) is 27.5 Å². The minimum absolute atomic E-state index is 0.0118. The van der Waals surface area contributed by atoms with Crippen LogP contribution in [-0.4, -0.2) is 161 Å². The van der Waals surface area contributed by atoms with Crippen molar-refractivity contribution in [2.24, 2.45) is 0 Å². The van der Waals surface area contributed by atoms with Crippen LogP contribution in [0.2, 0.25) is 5.28 Å². The molecule has 0 saturated carbocycles. The van der Waals surface area contributed by atoms with Crippen molar-refractivity contribution >= 4 is 71.6 Å². The number of ether oxygens (including phenoxy) is 4. The van der Waals surface area contributed by atoms with Crippen molar-refractivity contribution in [2.45, 2.75) is 112 Å². The van der Waals surface area contributed by atoms with Gasteiger partial charge in [0.15, 0.2) is 42.8 Å². The van der Waals surface area contributed by atoms with Gasteiger partial charge in [-0.15, -0.1) is 0 Å². The van der Waals surface area contributed by atoms with Gasteiger partial charge in [-0.1, -0.05) is 36.4 Å². The number of nitrogen functional groups attached to an aromatic ring is 1. The highest BCUT2D eigenvalue weighted by Gasteiger charge is 2.27. The van der Waals surface area contributed by atoms with E-state index in [0.717, 1.165) is 81.9 Å². The molecule has 0 bridgehead atoms. The number of benzene rings is 4. The second kappa shape index (κ2) is 31.0. The Kier molecular flexibility index (Phi) is 24.6. The number of nitrogens with zero attached hydrogens (tertiary/aromatic N) is 8. The molecule has 2 aliphatic heterocycles. The molecule has 2 saturated heterocycles. The Morgan fingerprint density at radius 3 is 1.45 bits per heavy atom. The molecule has 464 valence electrons. The molecular formula is C58H77ClF4N12O8S2. The smallest absolute Gasteiger partial charge is 0.387 e. The number of rotatable bonds is 22. The van der Waals surface area contributed by atoms with Gasteiger partial charge in [0.1, 0.15) is 11.5 Å². The fraction of sp³-hybridized carbons (Fsp3) is 0.448. The molecule has 2 aliphatic rings. The molecule has 5 N–H and O–H groups in total. The van der Waals surface area contributed by atoms with E-state index >= 15 is 0 Å². The van der Waals surface area contributed by atoms with Gasteiger partial charge in [-0.25, -0.2) is 26.8 Å². The zero-order valence-electron chi connectivity index (χ0n) is 49.4. The Morgan fingerprint density at radius 2 is 1.01 bits per heavy atom. The van der Waals surface area contributed by atoms with Crippen LogP contribution < -0.4 is 40.6 Å². The van der Waals surface area contributed by atoms with Crippen LogP contribution in [-0.2, 0) is 32.8 Å². The second-order valence-electron chi connectivity index (χ2n) is 21.1. The number of hydrogen-bond acceptors (Lipinski definition) is 20. The Labute approximate surface area is 501 Å². The summed E-state index contributed by atoms with van der Waals surface area (Å²) in [4.78, 5) is 25.4. The molecule has 0 amide bonds. The average molecular weight is 1250 g/mol. The molecule has 0 unspecified atom stereocenters. The Bertz CT molecular complexity index is 3360. The number of sulfone groups is 2. The summed E-state index contributed by atoms with van der Waals surface area (Å²) in [6.07, 6.45) is 6.82. The van der Waals surface area contributed by atoms with E-state index in [0.29, 0.717) is 23.2 Å². The maximum Gasteiger partial charge on any atom is 0.387 e. The van der Waals surface area contributed by atoms with Crippen molar-refractivity contribution in [1.29, 1.82) is 0 Å². The lowest BCUT2D eigenvalue weighted by molar-refractivity contribution is -0.0504. The topological polar surface area (TPSA) is 232 Å². The van der Waals surface area contributed by atoms with Crippen LogP contribution in [0.1, 0.15) is 64.5 Å². The number of halogens is 5. The van der Waals surface area contributed by atoms with Gasteiger partial charge >= 0.3 is 13.2 Å². The number of methoxy groups -OCH3 is 2. The SMILES string of the molecule is CC(C)S(=O)(=O)c1ccccc1Nc1nc(Cl)ncc1OC(F)F.COc1cc(CN2CCC(N(C)C)CC2)ccc1N.COc1cc(CN2CCC(N(C)C)CC2)ccc1Nc1ncc(OC(F)F)c(Nc2ccccc2S(=O)(=O)C(C)C)n1. The minimum atomic E-state index is -3.69. The molecule has 4 aromatic carbocycles. The molecule has 0 spiro atoms. The third-order valence-electron chi connectivity index (χ3n) is 14.2. The third kappa shape index (κ3) is 19.1. The first-order valence-corrected chi connectivity index (χ1v) is 30.9. The summed E-state index contributed by atoms with van der Waals surface area (Å²) in [5.41, 5.74) is 9.82. The summed E-state index contributed by atoms with van der Waals surface area (Å²) in [5, 5.41) is 7.05. The Morgan fingerprint density at radius 1 is 0.588 bits per heavy atom.